The first-order valence-electron chi connectivity index (χ1n) is 6.20. The van der Waals surface area contributed by atoms with Crippen LogP contribution >= 0.6 is 12.4 Å². The van der Waals surface area contributed by atoms with Gasteiger partial charge in [-0.3, -0.25) is 0 Å². The maximum atomic E-state index is 5.94. The Morgan fingerprint density at radius 2 is 2.12 bits per heavy atom. The van der Waals surface area contributed by atoms with E-state index in [2.05, 4.69) is 37.4 Å². The van der Waals surface area contributed by atoms with Crippen molar-refractivity contribution in [3.05, 3.63) is 29.8 Å². The molecule has 1 heterocycles. The van der Waals surface area contributed by atoms with Crippen molar-refractivity contribution in [3.8, 4) is 5.75 Å². The third kappa shape index (κ3) is 3.90. The van der Waals surface area contributed by atoms with E-state index >= 15 is 0 Å². The Balaban J connectivity index is 0.00000144. The zero-order valence-corrected chi connectivity index (χ0v) is 11.4. The van der Waals surface area contributed by atoms with E-state index in [1.807, 2.05) is 6.07 Å². The van der Waals surface area contributed by atoms with Crippen LogP contribution in [0.1, 0.15) is 31.7 Å². The molecule has 0 aromatic heterocycles. The fraction of sp³-hybridized carbons (Fsp3) is 0.571. The predicted octanol–water partition coefficient (Wildman–Crippen LogP) is 3.22. The number of nitrogens with one attached hydrogen (secondary N) is 1. The molecular formula is C14H22ClNO. The fourth-order valence-corrected chi connectivity index (χ4v) is 2.15. The summed E-state index contributed by atoms with van der Waals surface area (Å²) in [7, 11) is 0. The van der Waals surface area contributed by atoms with Crippen molar-refractivity contribution in [1.29, 1.82) is 0 Å². The van der Waals surface area contributed by atoms with E-state index in [0.717, 1.165) is 25.4 Å². The molecule has 1 aliphatic heterocycles. The third-order valence-electron chi connectivity index (χ3n) is 3.18. The van der Waals surface area contributed by atoms with Crippen molar-refractivity contribution < 1.29 is 4.74 Å². The number of halogens is 1. The Labute approximate surface area is 110 Å². The van der Waals surface area contributed by atoms with Gasteiger partial charge >= 0.3 is 0 Å². The van der Waals surface area contributed by atoms with Gasteiger partial charge in [-0.25, -0.2) is 0 Å². The molecule has 1 atom stereocenters. The summed E-state index contributed by atoms with van der Waals surface area (Å²) < 4.78 is 5.94. The molecule has 1 fully saturated rings. The summed E-state index contributed by atoms with van der Waals surface area (Å²) in [5, 5.41) is 3.37. The minimum atomic E-state index is 0. The molecule has 0 bridgehead atoms. The Kier molecular flexibility index (Phi) is 5.79. The molecule has 3 heteroatoms. The highest BCUT2D eigenvalue weighted by Crippen LogP contribution is 2.26. The smallest absolute Gasteiger partial charge is 0.122 e. The Morgan fingerprint density at radius 3 is 2.76 bits per heavy atom. The summed E-state index contributed by atoms with van der Waals surface area (Å²) in [6.07, 6.45) is 1.24. The highest BCUT2D eigenvalue weighted by Gasteiger charge is 2.16. The quantitative estimate of drug-likeness (QED) is 0.892. The standard InChI is InChI=1S/C14H21NO.ClH/c1-11(2)13-5-3-4-6-14(13)16-10-12-7-8-15-9-12;/h3-6,11-12,15H,7-10H2,1-2H3;1H. The second-order valence-electron chi connectivity index (χ2n) is 4.86. The van der Waals surface area contributed by atoms with Gasteiger partial charge in [-0.1, -0.05) is 32.0 Å². The van der Waals surface area contributed by atoms with Gasteiger partial charge in [0.05, 0.1) is 6.61 Å². The van der Waals surface area contributed by atoms with E-state index in [4.69, 9.17) is 4.74 Å². The molecular weight excluding hydrogens is 234 g/mol. The van der Waals surface area contributed by atoms with Crippen LogP contribution in [0.4, 0.5) is 0 Å². The number of para-hydroxylation sites is 1. The second kappa shape index (κ2) is 6.87. The average molecular weight is 256 g/mol. The predicted molar refractivity (Wildman–Crippen MR) is 74.3 cm³/mol. The monoisotopic (exact) mass is 255 g/mol. The summed E-state index contributed by atoms with van der Waals surface area (Å²) in [5.41, 5.74) is 1.31. The maximum absolute atomic E-state index is 5.94. The molecule has 1 saturated heterocycles. The highest BCUT2D eigenvalue weighted by molar-refractivity contribution is 5.85. The zero-order chi connectivity index (χ0) is 11.4. The number of ether oxygens (including phenoxy) is 1. The van der Waals surface area contributed by atoms with Gasteiger partial charge in [0.15, 0.2) is 0 Å². The molecule has 1 aliphatic rings. The van der Waals surface area contributed by atoms with Crippen LogP contribution in [-0.4, -0.2) is 19.7 Å². The van der Waals surface area contributed by atoms with Crippen LogP contribution in [0.5, 0.6) is 5.75 Å². The lowest BCUT2D eigenvalue weighted by Crippen LogP contribution is -2.16. The summed E-state index contributed by atoms with van der Waals surface area (Å²) >= 11 is 0. The minimum Gasteiger partial charge on any atom is -0.493 e. The van der Waals surface area contributed by atoms with Gasteiger partial charge in [-0.15, -0.1) is 12.4 Å². The second-order valence-corrected chi connectivity index (χ2v) is 4.86. The lowest BCUT2D eigenvalue weighted by molar-refractivity contribution is 0.257. The van der Waals surface area contributed by atoms with Crippen LogP contribution < -0.4 is 10.1 Å². The number of benzene rings is 1. The number of hydrogen-bond donors (Lipinski definition) is 1. The van der Waals surface area contributed by atoms with E-state index in [0.29, 0.717) is 11.8 Å². The molecule has 17 heavy (non-hydrogen) atoms. The largest absolute Gasteiger partial charge is 0.493 e. The highest BCUT2D eigenvalue weighted by atomic mass is 35.5. The van der Waals surface area contributed by atoms with Crippen LogP contribution in [0, 0.1) is 5.92 Å². The molecule has 2 rings (SSSR count). The first-order chi connectivity index (χ1) is 7.77. The molecule has 0 saturated carbocycles. The van der Waals surface area contributed by atoms with Gasteiger partial charge in [0.2, 0.25) is 0 Å². The molecule has 0 amide bonds. The first kappa shape index (κ1) is 14.3. The molecule has 1 aromatic rings. The third-order valence-corrected chi connectivity index (χ3v) is 3.18. The SMILES string of the molecule is CC(C)c1ccccc1OCC1CCNC1.Cl. The van der Waals surface area contributed by atoms with Crippen LogP contribution in [0.15, 0.2) is 24.3 Å². The molecule has 1 aromatic carbocycles. The molecule has 0 spiro atoms. The molecule has 1 N–H and O–H groups in total. The lowest BCUT2D eigenvalue weighted by Gasteiger charge is -2.16. The summed E-state index contributed by atoms with van der Waals surface area (Å²) in [4.78, 5) is 0. The van der Waals surface area contributed by atoms with Crippen molar-refractivity contribution in [1.82, 2.24) is 5.32 Å². The van der Waals surface area contributed by atoms with E-state index in [1.165, 1.54) is 12.0 Å². The topological polar surface area (TPSA) is 21.3 Å². The summed E-state index contributed by atoms with van der Waals surface area (Å²) in [6.45, 7) is 7.50. The fourth-order valence-electron chi connectivity index (χ4n) is 2.15. The van der Waals surface area contributed by atoms with E-state index in [-0.39, 0.29) is 12.4 Å². The average Bonchev–Trinajstić information content (AvgIpc) is 2.79. The first-order valence-corrected chi connectivity index (χ1v) is 6.20. The van der Waals surface area contributed by atoms with Gasteiger partial charge in [0, 0.05) is 12.5 Å². The van der Waals surface area contributed by atoms with Crippen molar-refractivity contribution in [3.63, 3.8) is 0 Å². The van der Waals surface area contributed by atoms with Crippen molar-refractivity contribution >= 4 is 12.4 Å². The van der Waals surface area contributed by atoms with E-state index in [1.54, 1.807) is 0 Å². The lowest BCUT2D eigenvalue weighted by atomic mass is 10.0. The Hall–Kier alpha value is -0.730. The molecule has 0 radical (unpaired) electrons. The Bertz CT molecular complexity index is 335. The summed E-state index contributed by atoms with van der Waals surface area (Å²) in [6, 6.07) is 8.37. The van der Waals surface area contributed by atoms with E-state index < -0.39 is 0 Å². The molecule has 0 aliphatic carbocycles. The van der Waals surface area contributed by atoms with E-state index in [9.17, 15) is 0 Å². The van der Waals surface area contributed by atoms with Crippen LogP contribution in [0.2, 0.25) is 0 Å². The van der Waals surface area contributed by atoms with Crippen LogP contribution in [0.25, 0.3) is 0 Å². The van der Waals surface area contributed by atoms with Gasteiger partial charge in [0.25, 0.3) is 0 Å². The van der Waals surface area contributed by atoms with Gasteiger partial charge in [-0.2, -0.15) is 0 Å². The molecule has 2 nitrogen and oxygen atoms in total. The van der Waals surface area contributed by atoms with Crippen molar-refractivity contribution in [2.24, 2.45) is 5.92 Å². The Morgan fingerprint density at radius 1 is 1.35 bits per heavy atom. The normalized spacial score (nSPS) is 19.1. The van der Waals surface area contributed by atoms with Crippen molar-refractivity contribution in [2.45, 2.75) is 26.2 Å². The maximum Gasteiger partial charge on any atom is 0.122 e. The minimum absolute atomic E-state index is 0. The zero-order valence-electron chi connectivity index (χ0n) is 10.6. The van der Waals surface area contributed by atoms with Crippen molar-refractivity contribution in [2.75, 3.05) is 19.7 Å². The van der Waals surface area contributed by atoms with Gasteiger partial charge in [0.1, 0.15) is 5.75 Å². The molecule has 1 unspecified atom stereocenters. The summed E-state index contributed by atoms with van der Waals surface area (Å²) in [5.74, 6) is 2.27. The van der Waals surface area contributed by atoms with Gasteiger partial charge in [-0.05, 0) is 30.5 Å². The van der Waals surface area contributed by atoms with Gasteiger partial charge < -0.3 is 10.1 Å². The number of hydrogen-bond acceptors (Lipinski definition) is 2. The van der Waals surface area contributed by atoms with Crippen LogP contribution in [-0.2, 0) is 0 Å². The van der Waals surface area contributed by atoms with Crippen LogP contribution in [0.3, 0.4) is 0 Å². The number of rotatable bonds is 4. The molecule has 96 valence electrons.